The van der Waals surface area contributed by atoms with Crippen molar-refractivity contribution in [2.75, 3.05) is 17.7 Å². The van der Waals surface area contributed by atoms with Crippen molar-refractivity contribution in [1.29, 1.82) is 0 Å². The van der Waals surface area contributed by atoms with Crippen LogP contribution < -0.4 is 10.8 Å². The molecule has 0 saturated heterocycles. The first kappa shape index (κ1) is 14.7. The highest BCUT2D eigenvalue weighted by Crippen LogP contribution is 2.16. The second-order valence-electron chi connectivity index (χ2n) is 3.63. The highest BCUT2D eigenvalue weighted by Gasteiger charge is 2.17. The quantitative estimate of drug-likeness (QED) is 0.236. The summed E-state index contributed by atoms with van der Waals surface area (Å²) in [6, 6.07) is 3.64. The minimum atomic E-state index is -1.80. The maximum absolute atomic E-state index is 10.7. The van der Waals surface area contributed by atoms with Gasteiger partial charge in [-0.3, -0.25) is 10.1 Å². The smallest absolute Gasteiger partial charge is 0.423 e. The lowest BCUT2D eigenvalue weighted by Gasteiger charge is -2.11. The van der Waals surface area contributed by atoms with Gasteiger partial charge in [0, 0.05) is 24.4 Å². The summed E-state index contributed by atoms with van der Waals surface area (Å²) in [6.45, 7) is 0.103. The lowest BCUT2D eigenvalue weighted by Crippen LogP contribution is -2.30. The van der Waals surface area contributed by atoms with Gasteiger partial charge in [-0.05, 0) is 11.5 Å². The molecular weight excluding hydrogens is 262 g/mol. The van der Waals surface area contributed by atoms with Gasteiger partial charge >= 0.3 is 7.12 Å². The van der Waals surface area contributed by atoms with E-state index in [-0.39, 0.29) is 23.6 Å². The summed E-state index contributed by atoms with van der Waals surface area (Å²) >= 11 is 5.40. The number of halogens is 1. The van der Waals surface area contributed by atoms with E-state index in [1.807, 2.05) is 0 Å². The minimum Gasteiger partial charge on any atom is -0.423 e. The van der Waals surface area contributed by atoms with Crippen LogP contribution in [0.25, 0.3) is 0 Å². The maximum atomic E-state index is 10.7. The van der Waals surface area contributed by atoms with E-state index in [4.69, 9.17) is 21.6 Å². The van der Waals surface area contributed by atoms with Gasteiger partial charge in [0.05, 0.1) is 16.9 Å². The number of alkyl halides is 1. The average Bonchev–Trinajstić information content (AvgIpc) is 2.35. The van der Waals surface area contributed by atoms with Crippen LogP contribution in [0.4, 0.5) is 11.4 Å². The fraction of sp³-hybridized carbons (Fsp3) is 0.333. The summed E-state index contributed by atoms with van der Waals surface area (Å²) in [5, 5.41) is 40.7. The number of rotatable bonds is 6. The molecule has 1 aromatic carbocycles. The fourth-order valence-corrected chi connectivity index (χ4v) is 1.39. The Morgan fingerprint density at radius 1 is 1.44 bits per heavy atom. The zero-order valence-corrected chi connectivity index (χ0v) is 10.0. The number of anilines is 1. The Hall–Kier alpha value is -1.35. The van der Waals surface area contributed by atoms with E-state index in [1.54, 1.807) is 0 Å². The van der Waals surface area contributed by atoms with Crippen molar-refractivity contribution >= 4 is 35.6 Å². The number of nitrogens with one attached hydrogen (secondary N) is 1. The van der Waals surface area contributed by atoms with E-state index in [0.717, 1.165) is 6.07 Å². The topological polar surface area (TPSA) is 116 Å². The lowest BCUT2D eigenvalue weighted by molar-refractivity contribution is -0.384. The molecule has 98 valence electrons. The summed E-state index contributed by atoms with van der Waals surface area (Å²) in [5.74, 6) is 0.0252. The third kappa shape index (κ3) is 4.15. The number of hydrogen-bond acceptors (Lipinski definition) is 6. The average molecular weight is 274 g/mol. The fourth-order valence-electron chi connectivity index (χ4n) is 1.28. The Kier molecular flexibility index (Phi) is 5.36. The number of nitrogens with zero attached hydrogens (tertiary/aromatic N) is 1. The van der Waals surface area contributed by atoms with E-state index < -0.39 is 18.1 Å². The molecule has 0 aliphatic rings. The molecule has 1 aromatic rings. The molecule has 4 N–H and O–H groups in total. The summed E-state index contributed by atoms with van der Waals surface area (Å²) in [4.78, 5) is 10.0. The molecule has 1 atom stereocenters. The largest absolute Gasteiger partial charge is 0.488 e. The second-order valence-corrected chi connectivity index (χ2v) is 3.94. The van der Waals surface area contributed by atoms with Crippen LogP contribution in [-0.4, -0.2) is 45.7 Å². The molecule has 9 heteroatoms. The highest BCUT2D eigenvalue weighted by molar-refractivity contribution is 6.58. The van der Waals surface area contributed by atoms with Gasteiger partial charge in [0.15, 0.2) is 0 Å². The first-order valence-electron chi connectivity index (χ1n) is 5.07. The third-order valence-electron chi connectivity index (χ3n) is 2.17. The molecule has 0 heterocycles. The Bertz CT molecular complexity index is 431. The number of nitro benzene ring substituents is 1. The predicted octanol–water partition coefficient (Wildman–Crippen LogP) is -0.714. The van der Waals surface area contributed by atoms with Crippen LogP contribution in [0, 0.1) is 10.1 Å². The number of nitro groups is 1. The number of aliphatic hydroxyl groups excluding tert-OH is 1. The van der Waals surface area contributed by atoms with Crippen LogP contribution in [0.15, 0.2) is 18.2 Å². The molecule has 0 aliphatic heterocycles. The monoisotopic (exact) mass is 274 g/mol. The van der Waals surface area contributed by atoms with Crippen LogP contribution in [0.2, 0.25) is 0 Å². The second kappa shape index (κ2) is 6.55. The minimum absolute atomic E-state index is 0.00735. The molecule has 1 unspecified atom stereocenters. The van der Waals surface area contributed by atoms with Crippen molar-refractivity contribution in [3.05, 3.63) is 28.3 Å². The first-order chi connectivity index (χ1) is 8.43. The molecule has 1 rings (SSSR count). The van der Waals surface area contributed by atoms with Crippen LogP contribution in [0.1, 0.15) is 0 Å². The van der Waals surface area contributed by atoms with Gasteiger partial charge in [-0.25, -0.2) is 0 Å². The number of benzene rings is 1. The van der Waals surface area contributed by atoms with Crippen LogP contribution in [-0.2, 0) is 0 Å². The Morgan fingerprint density at radius 2 is 2.11 bits per heavy atom. The van der Waals surface area contributed by atoms with Crippen molar-refractivity contribution in [1.82, 2.24) is 0 Å². The van der Waals surface area contributed by atoms with Crippen LogP contribution in [0.3, 0.4) is 0 Å². The van der Waals surface area contributed by atoms with E-state index >= 15 is 0 Å². The van der Waals surface area contributed by atoms with Gasteiger partial charge in [-0.1, -0.05) is 0 Å². The molecule has 0 spiro atoms. The van der Waals surface area contributed by atoms with Gasteiger partial charge in [0.2, 0.25) is 0 Å². The van der Waals surface area contributed by atoms with Gasteiger partial charge in [0.1, 0.15) is 0 Å². The molecule has 7 nitrogen and oxygen atoms in total. The molecule has 0 amide bonds. The molecule has 0 aliphatic carbocycles. The Labute approximate surface area is 108 Å². The van der Waals surface area contributed by atoms with E-state index in [0.29, 0.717) is 5.69 Å². The molecule has 0 bridgehead atoms. The highest BCUT2D eigenvalue weighted by atomic mass is 35.5. The zero-order chi connectivity index (χ0) is 13.7. The van der Waals surface area contributed by atoms with E-state index in [2.05, 4.69) is 5.32 Å². The predicted molar refractivity (Wildman–Crippen MR) is 68.1 cm³/mol. The van der Waals surface area contributed by atoms with Crippen LogP contribution in [0.5, 0.6) is 0 Å². The molecule has 0 radical (unpaired) electrons. The van der Waals surface area contributed by atoms with Gasteiger partial charge in [-0.2, -0.15) is 0 Å². The number of non-ortho nitro benzene ring substituents is 1. The van der Waals surface area contributed by atoms with Crippen molar-refractivity contribution in [2.45, 2.75) is 6.10 Å². The summed E-state index contributed by atoms with van der Waals surface area (Å²) in [5.41, 5.74) is 0.0204. The summed E-state index contributed by atoms with van der Waals surface area (Å²) in [6.07, 6.45) is -0.798. The van der Waals surface area contributed by atoms with Crippen LogP contribution >= 0.6 is 11.6 Å². The van der Waals surface area contributed by atoms with Crippen molar-refractivity contribution in [2.24, 2.45) is 0 Å². The molecular formula is C9H12BClN2O5. The lowest BCUT2D eigenvalue weighted by atomic mass is 9.80. The summed E-state index contributed by atoms with van der Waals surface area (Å²) < 4.78 is 0. The first-order valence-corrected chi connectivity index (χ1v) is 5.61. The molecule has 0 saturated carbocycles. The van der Waals surface area contributed by atoms with Gasteiger partial charge in [-0.15, -0.1) is 11.6 Å². The molecule has 18 heavy (non-hydrogen) atoms. The summed E-state index contributed by atoms with van der Waals surface area (Å²) in [7, 11) is -1.80. The molecule has 0 aromatic heterocycles. The third-order valence-corrected chi connectivity index (χ3v) is 2.53. The van der Waals surface area contributed by atoms with Crippen molar-refractivity contribution in [3.8, 4) is 0 Å². The van der Waals surface area contributed by atoms with Crippen molar-refractivity contribution in [3.63, 3.8) is 0 Å². The Balaban J connectivity index is 2.93. The normalized spacial score (nSPS) is 12.0. The SMILES string of the molecule is O=[N+]([O-])c1cc(NCC(O)CCl)cc(B(O)O)c1. The Morgan fingerprint density at radius 3 is 2.61 bits per heavy atom. The van der Waals surface area contributed by atoms with Crippen molar-refractivity contribution < 1.29 is 20.1 Å². The number of hydrogen-bond donors (Lipinski definition) is 4. The zero-order valence-electron chi connectivity index (χ0n) is 9.28. The van der Waals surface area contributed by atoms with Gasteiger partial charge in [0.25, 0.3) is 5.69 Å². The maximum Gasteiger partial charge on any atom is 0.488 e. The standard InChI is InChI=1S/C9H12BClN2O5/c11-4-9(14)5-12-7-1-6(10(15)16)2-8(3-7)13(17)18/h1-3,9,12,14-16H,4-5H2. The van der Waals surface area contributed by atoms with E-state index in [9.17, 15) is 15.2 Å². The van der Waals surface area contributed by atoms with E-state index in [1.165, 1.54) is 12.1 Å². The molecule has 0 fully saturated rings. The number of aliphatic hydroxyl groups is 1. The van der Waals surface area contributed by atoms with Gasteiger partial charge < -0.3 is 20.5 Å².